The maximum absolute atomic E-state index is 6.14. The van der Waals surface area contributed by atoms with Crippen molar-refractivity contribution in [2.24, 2.45) is 0 Å². The minimum Gasteiger partial charge on any atom is -0.492 e. The van der Waals surface area contributed by atoms with E-state index in [-0.39, 0.29) is 10.8 Å². The molecule has 2 aromatic rings. The lowest BCUT2D eigenvalue weighted by Crippen LogP contribution is -2.19. The third kappa shape index (κ3) is 5.46. The smallest absolute Gasteiger partial charge is 0.141 e. The Kier molecular flexibility index (Phi) is 7.31. The maximum atomic E-state index is 6.14. The van der Waals surface area contributed by atoms with E-state index in [4.69, 9.17) is 9.72 Å². The molecule has 0 spiro atoms. The number of nitrogens with zero attached hydrogens (tertiary/aromatic N) is 1. The number of pyridine rings is 1. The van der Waals surface area contributed by atoms with Gasteiger partial charge >= 0.3 is 0 Å². The summed E-state index contributed by atoms with van der Waals surface area (Å²) in [5.41, 5.74) is 3.64. The Bertz CT molecular complexity index is 740. The molecule has 0 amide bonds. The van der Waals surface area contributed by atoms with Gasteiger partial charge in [0.2, 0.25) is 0 Å². The van der Waals surface area contributed by atoms with Crippen molar-refractivity contribution in [1.82, 2.24) is 4.98 Å². The van der Waals surface area contributed by atoms with Crippen LogP contribution in [0.3, 0.4) is 0 Å². The minimum atomic E-state index is -0.0388. The zero-order valence-electron chi connectivity index (χ0n) is 18.6. The highest BCUT2D eigenvalue weighted by Gasteiger charge is 2.26. The molecular formula is C25H39NO. The van der Waals surface area contributed by atoms with Crippen molar-refractivity contribution < 1.29 is 4.74 Å². The molecule has 1 heterocycles. The number of unbranched alkanes of at least 4 members (excludes halogenated alkanes) is 3. The lowest BCUT2D eigenvalue weighted by Gasteiger charge is -2.28. The molecule has 1 aromatic carbocycles. The van der Waals surface area contributed by atoms with E-state index in [1.807, 2.05) is 0 Å². The van der Waals surface area contributed by atoms with E-state index in [0.717, 1.165) is 30.0 Å². The number of ether oxygens (including phenoxy) is 1. The monoisotopic (exact) mass is 369 g/mol. The molecule has 27 heavy (non-hydrogen) atoms. The SMILES string of the molecule is CCCCCCC(C)(C)c1cccc2nc(C(C)(C)C)c(OCCC)cc12. The van der Waals surface area contributed by atoms with Gasteiger partial charge in [-0.3, -0.25) is 0 Å². The molecule has 0 N–H and O–H groups in total. The van der Waals surface area contributed by atoms with Gasteiger partial charge < -0.3 is 4.74 Å². The van der Waals surface area contributed by atoms with Gasteiger partial charge in [-0.2, -0.15) is 0 Å². The number of aromatic nitrogens is 1. The molecule has 1 aromatic heterocycles. The Morgan fingerprint density at radius 2 is 1.67 bits per heavy atom. The lowest BCUT2D eigenvalue weighted by molar-refractivity contribution is 0.306. The van der Waals surface area contributed by atoms with Crippen molar-refractivity contribution in [2.45, 2.75) is 97.8 Å². The highest BCUT2D eigenvalue weighted by atomic mass is 16.5. The second-order valence-corrected chi connectivity index (χ2v) is 9.50. The van der Waals surface area contributed by atoms with Gasteiger partial charge in [0.25, 0.3) is 0 Å². The van der Waals surface area contributed by atoms with E-state index in [1.165, 1.54) is 43.1 Å². The van der Waals surface area contributed by atoms with Crippen LogP contribution in [0, 0.1) is 0 Å². The van der Waals surface area contributed by atoms with Gasteiger partial charge in [-0.05, 0) is 36.0 Å². The number of hydrogen-bond donors (Lipinski definition) is 0. The van der Waals surface area contributed by atoms with Crippen LogP contribution in [-0.2, 0) is 10.8 Å². The van der Waals surface area contributed by atoms with Crippen LogP contribution < -0.4 is 4.74 Å². The van der Waals surface area contributed by atoms with Crippen molar-refractivity contribution in [3.05, 3.63) is 35.5 Å². The highest BCUT2D eigenvalue weighted by Crippen LogP contribution is 2.38. The Hall–Kier alpha value is -1.57. The molecule has 0 saturated carbocycles. The van der Waals surface area contributed by atoms with E-state index in [9.17, 15) is 0 Å². The lowest BCUT2D eigenvalue weighted by atomic mass is 9.78. The van der Waals surface area contributed by atoms with E-state index >= 15 is 0 Å². The van der Waals surface area contributed by atoms with Crippen LogP contribution in [-0.4, -0.2) is 11.6 Å². The summed E-state index contributed by atoms with van der Waals surface area (Å²) in [5, 5.41) is 1.25. The standard InChI is InChI=1S/C25H39NO/c1-8-10-11-12-16-25(6,7)20-14-13-15-21-19(20)18-22(27-17-9-2)23(26-21)24(3,4)5/h13-15,18H,8-12,16-17H2,1-7H3. The molecule has 0 bridgehead atoms. The third-order valence-corrected chi connectivity index (χ3v) is 5.38. The first-order valence-corrected chi connectivity index (χ1v) is 10.8. The first-order valence-electron chi connectivity index (χ1n) is 10.8. The van der Waals surface area contributed by atoms with Crippen LogP contribution in [0.15, 0.2) is 24.3 Å². The second kappa shape index (κ2) is 9.08. The Labute approximate surface area is 166 Å². The average Bonchev–Trinajstić information content (AvgIpc) is 2.61. The molecule has 2 rings (SSSR count). The largest absolute Gasteiger partial charge is 0.492 e. The predicted molar refractivity (Wildman–Crippen MR) is 118 cm³/mol. The molecule has 0 atom stereocenters. The van der Waals surface area contributed by atoms with Gasteiger partial charge in [0, 0.05) is 10.8 Å². The Morgan fingerprint density at radius 1 is 0.926 bits per heavy atom. The number of benzene rings is 1. The molecule has 0 aliphatic rings. The topological polar surface area (TPSA) is 22.1 Å². The van der Waals surface area contributed by atoms with Crippen molar-refractivity contribution in [2.75, 3.05) is 6.61 Å². The molecule has 0 unspecified atom stereocenters. The second-order valence-electron chi connectivity index (χ2n) is 9.50. The van der Waals surface area contributed by atoms with Gasteiger partial charge in [0.15, 0.2) is 0 Å². The van der Waals surface area contributed by atoms with Crippen LogP contribution in [0.25, 0.3) is 10.9 Å². The summed E-state index contributed by atoms with van der Waals surface area (Å²) in [4.78, 5) is 5.06. The molecule has 0 aliphatic heterocycles. The molecule has 2 nitrogen and oxygen atoms in total. The fourth-order valence-electron chi connectivity index (χ4n) is 3.76. The summed E-state index contributed by atoms with van der Waals surface area (Å²) < 4.78 is 6.14. The zero-order chi connectivity index (χ0) is 20.1. The minimum absolute atomic E-state index is 0.0388. The number of hydrogen-bond acceptors (Lipinski definition) is 2. The van der Waals surface area contributed by atoms with Crippen molar-refractivity contribution >= 4 is 10.9 Å². The van der Waals surface area contributed by atoms with Crippen molar-refractivity contribution in [3.8, 4) is 5.75 Å². The van der Waals surface area contributed by atoms with E-state index in [0.29, 0.717) is 0 Å². The Morgan fingerprint density at radius 3 is 2.30 bits per heavy atom. The zero-order valence-corrected chi connectivity index (χ0v) is 18.6. The van der Waals surface area contributed by atoms with Crippen LogP contribution >= 0.6 is 0 Å². The number of fused-ring (bicyclic) bond motifs is 1. The molecule has 2 heteroatoms. The molecule has 0 fully saturated rings. The average molecular weight is 370 g/mol. The highest BCUT2D eigenvalue weighted by molar-refractivity contribution is 5.85. The molecule has 0 aliphatic carbocycles. The van der Waals surface area contributed by atoms with Gasteiger partial charge in [0.05, 0.1) is 17.8 Å². The summed E-state index contributed by atoms with van der Waals surface area (Å²) in [6, 6.07) is 8.84. The molecule has 0 saturated heterocycles. The van der Waals surface area contributed by atoms with Crippen LogP contribution in [0.2, 0.25) is 0 Å². The maximum Gasteiger partial charge on any atom is 0.141 e. The summed E-state index contributed by atoms with van der Waals surface area (Å²) in [6.07, 6.45) is 7.43. The van der Waals surface area contributed by atoms with E-state index in [1.54, 1.807) is 0 Å². The van der Waals surface area contributed by atoms with Crippen LogP contribution in [0.4, 0.5) is 0 Å². The van der Waals surface area contributed by atoms with Gasteiger partial charge in [0.1, 0.15) is 5.75 Å². The Balaban J connectivity index is 2.49. The first-order chi connectivity index (χ1) is 12.7. The summed E-state index contributed by atoms with van der Waals surface area (Å²) in [5.74, 6) is 0.950. The molecule has 0 radical (unpaired) electrons. The predicted octanol–water partition coefficient (Wildman–Crippen LogP) is 7.57. The van der Waals surface area contributed by atoms with Gasteiger partial charge in [-0.15, -0.1) is 0 Å². The quantitative estimate of drug-likeness (QED) is 0.425. The van der Waals surface area contributed by atoms with Crippen LogP contribution in [0.5, 0.6) is 5.75 Å². The first kappa shape index (κ1) is 21.7. The fraction of sp³-hybridized carbons (Fsp3) is 0.640. The van der Waals surface area contributed by atoms with Crippen molar-refractivity contribution in [3.63, 3.8) is 0 Å². The fourth-order valence-corrected chi connectivity index (χ4v) is 3.76. The van der Waals surface area contributed by atoms with Gasteiger partial charge in [-0.1, -0.05) is 86.3 Å². The van der Waals surface area contributed by atoms with Gasteiger partial charge in [-0.25, -0.2) is 4.98 Å². The summed E-state index contributed by atoms with van der Waals surface area (Å²) >= 11 is 0. The summed E-state index contributed by atoms with van der Waals surface area (Å²) in [6.45, 7) is 16.5. The van der Waals surface area contributed by atoms with E-state index in [2.05, 4.69) is 72.7 Å². The molecule has 150 valence electrons. The molecular weight excluding hydrogens is 330 g/mol. The van der Waals surface area contributed by atoms with Crippen LogP contribution in [0.1, 0.15) is 98.2 Å². The summed E-state index contributed by atoms with van der Waals surface area (Å²) in [7, 11) is 0. The van der Waals surface area contributed by atoms with Crippen molar-refractivity contribution in [1.29, 1.82) is 0 Å². The third-order valence-electron chi connectivity index (χ3n) is 5.38. The number of rotatable bonds is 9. The van der Waals surface area contributed by atoms with E-state index < -0.39 is 0 Å². The normalized spacial score (nSPS) is 12.6.